The quantitative estimate of drug-likeness (QED) is 0.425. The fourth-order valence-electron chi connectivity index (χ4n) is 1.74. The Kier molecular flexibility index (Phi) is 4.26. The van der Waals surface area contributed by atoms with Gasteiger partial charge < -0.3 is 0 Å². The number of thiophene rings is 1. The Labute approximate surface area is 116 Å². The van der Waals surface area contributed by atoms with Crippen LogP contribution >= 0.6 is 11.3 Å². The summed E-state index contributed by atoms with van der Waals surface area (Å²) in [6, 6.07) is 9.92. The molecular formula is C17H14OS. The Balaban J connectivity index is 2.41. The second-order valence-electron chi connectivity index (χ2n) is 3.93. The molecule has 1 aromatic heterocycles. The Morgan fingerprint density at radius 3 is 2.63 bits per heavy atom. The maximum Gasteiger partial charge on any atom is 0.202 e. The molecule has 0 atom stereocenters. The van der Waals surface area contributed by atoms with E-state index in [1.165, 1.54) is 11.3 Å². The summed E-state index contributed by atoms with van der Waals surface area (Å²) in [6.45, 7) is 7.25. The van der Waals surface area contributed by atoms with Crippen molar-refractivity contribution in [3.05, 3.63) is 84.3 Å². The van der Waals surface area contributed by atoms with Gasteiger partial charge in [0.15, 0.2) is 0 Å². The Morgan fingerprint density at radius 2 is 1.95 bits per heavy atom. The minimum absolute atomic E-state index is 0.0131. The Bertz CT molecular complexity index is 653. The molecule has 0 bridgehead atoms. The van der Waals surface area contributed by atoms with Gasteiger partial charge in [0, 0.05) is 10.3 Å². The van der Waals surface area contributed by atoms with Gasteiger partial charge in [0.05, 0.1) is 4.88 Å². The van der Waals surface area contributed by atoms with E-state index < -0.39 is 0 Å². The van der Waals surface area contributed by atoms with Gasteiger partial charge in [0.25, 0.3) is 0 Å². The molecule has 2 aromatic rings. The first kappa shape index (κ1) is 13.2. The first-order chi connectivity index (χ1) is 9.26. The van der Waals surface area contributed by atoms with Gasteiger partial charge in [-0.2, -0.15) is 0 Å². The van der Waals surface area contributed by atoms with Crippen LogP contribution in [-0.4, -0.2) is 5.78 Å². The molecule has 19 heavy (non-hydrogen) atoms. The van der Waals surface area contributed by atoms with E-state index in [2.05, 4.69) is 13.2 Å². The van der Waals surface area contributed by atoms with E-state index >= 15 is 0 Å². The highest BCUT2D eigenvalue weighted by atomic mass is 32.1. The number of rotatable bonds is 5. The van der Waals surface area contributed by atoms with Crippen LogP contribution in [0.15, 0.2) is 79.4 Å². The van der Waals surface area contributed by atoms with E-state index in [0.29, 0.717) is 5.57 Å². The minimum atomic E-state index is 0.0131. The lowest BCUT2D eigenvalue weighted by Crippen LogP contribution is -1.98. The highest BCUT2D eigenvalue weighted by Gasteiger charge is 2.12. The summed E-state index contributed by atoms with van der Waals surface area (Å²) in [5.74, 6) is 0.0131. The monoisotopic (exact) mass is 266 g/mol. The van der Waals surface area contributed by atoms with E-state index in [1.54, 1.807) is 30.4 Å². The highest BCUT2D eigenvalue weighted by molar-refractivity contribution is 7.21. The van der Waals surface area contributed by atoms with Crippen molar-refractivity contribution in [3.8, 4) is 0 Å². The summed E-state index contributed by atoms with van der Waals surface area (Å²) in [4.78, 5) is 13.2. The van der Waals surface area contributed by atoms with Crippen LogP contribution in [0.2, 0.25) is 0 Å². The molecule has 2 heteroatoms. The van der Waals surface area contributed by atoms with Crippen molar-refractivity contribution in [1.82, 2.24) is 0 Å². The zero-order chi connectivity index (χ0) is 13.7. The number of Topliss-reactive ketones (excluding diaryl/α,β-unsaturated/α-hetero) is 1. The van der Waals surface area contributed by atoms with Gasteiger partial charge in [0.2, 0.25) is 5.78 Å². The SMILES string of the molecule is C=C/C=C\C(=C/C=C)C(=O)c1cc2ccccc2s1. The summed E-state index contributed by atoms with van der Waals surface area (Å²) >= 11 is 1.51. The second kappa shape index (κ2) is 6.12. The number of hydrogen-bond acceptors (Lipinski definition) is 2. The first-order valence-electron chi connectivity index (χ1n) is 5.91. The number of fused-ring (bicyclic) bond motifs is 1. The van der Waals surface area contributed by atoms with Gasteiger partial charge in [-0.15, -0.1) is 11.3 Å². The largest absolute Gasteiger partial charge is 0.288 e. The van der Waals surface area contributed by atoms with Gasteiger partial charge >= 0.3 is 0 Å². The summed E-state index contributed by atoms with van der Waals surface area (Å²) in [7, 11) is 0. The summed E-state index contributed by atoms with van der Waals surface area (Å²) in [5.41, 5.74) is 0.612. The van der Waals surface area contributed by atoms with Crippen LogP contribution in [-0.2, 0) is 0 Å². The normalized spacial score (nSPS) is 11.9. The third-order valence-corrected chi connectivity index (χ3v) is 3.74. The molecule has 0 saturated heterocycles. The molecule has 0 amide bonds. The predicted octanol–water partition coefficient (Wildman–Crippen LogP) is 4.94. The zero-order valence-electron chi connectivity index (χ0n) is 10.5. The van der Waals surface area contributed by atoms with E-state index in [0.717, 1.165) is 15.0 Å². The lowest BCUT2D eigenvalue weighted by Gasteiger charge is -1.97. The third kappa shape index (κ3) is 2.98. The molecule has 1 aromatic carbocycles. The number of carbonyl (C=O) groups excluding carboxylic acids is 1. The fraction of sp³-hybridized carbons (Fsp3) is 0. The molecule has 0 aliphatic heterocycles. The van der Waals surface area contributed by atoms with Crippen LogP contribution < -0.4 is 0 Å². The highest BCUT2D eigenvalue weighted by Crippen LogP contribution is 2.27. The lowest BCUT2D eigenvalue weighted by molar-refractivity contribution is 0.104. The summed E-state index contributed by atoms with van der Waals surface area (Å²) in [5, 5.41) is 1.10. The smallest absolute Gasteiger partial charge is 0.202 e. The molecule has 94 valence electrons. The molecule has 0 N–H and O–H groups in total. The lowest BCUT2D eigenvalue weighted by atomic mass is 10.1. The summed E-state index contributed by atoms with van der Waals surface area (Å²) in [6.07, 6.45) is 8.48. The van der Waals surface area contributed by atoms with Crippen LogP contribution in [0.25, 0.3) is 10.1 Å². The van der Waals surface area contributed by atoms with Crippen molar-refractivity contribution in [2.24, 2.45) is 0 Å². The van der Waals surface area contributed by atoms with E-state index in [4.69, 9.17) is 0 Å². The topological polar surface area (TPSA) is 17.1 Å². The van der Waals surface area contributed by atoms with Crippen molar-refractivity contribution >= 4 is 27.2 Å². The zero-order valence-corrected chi connectivity index (χ0v) is 11.3. The Hall–Kier alpha value is -2.19. The minimum Gasteiger partial charge on any atom is -0.288 e. The van der Waals surface area contributed by atoms with Gasteiger partial charge in [-0.25, -0.2) is 0 Å². The number of allylic oxidation sites excluding steroid dienone is 6. The van der Waals surface area contributed by atoms with Crippen molar-refractivity contribution in [2.75, 3.05) is 0 Å². The van der Waals surface area contributed by atoms with E-state index in [9.17, 15) is 4.79 Å². The van der Waals surface area contributed by atoms with Crippen LogP contribution in [0, 0.1) is 0 Å². The molecule has 0 fully saturated rings. The van der Waals surface area contributed by atoms with Crippen LogP contribution in [0.5, 0.6) is 0 Å². The molecule has 0 aliphatic rings. The van der Waals surface area contributed by atoms with Crippen molar-refractivity contribution in [1.29, 1.82) is 0 Å². The van der Waals surface area contributed by atoms with Crippen molar-refractivity contribution in [2.45, 2.75) is 0 Å². The fourth-order valence-corrected chi connectivity index (χ4v) is 2.77. The van der Waals surface area contributed by atoms with Crippen molar-refractivity contribution in [3.63, 3.8) is 0 Å². The molecule has 2 rings (SSSR count). The average Bonchev–Trinajstić information content (AvgIpc) is 2.86. The van der Waals surface area contributed by atoms with Crippen LogP contribution in [0.4, 0.5) is 0 Å². The molecule has 1 nitrogen and oxygen atoms in total. The van der Waals surface area contributed by atoms with Gasteiger partial charge in [-0.3, -0.25) is 4.79 Å². The maximum absolute atomic E-state index is 12.4. The predicted molar refractivity (Wildman–Crippen MR) is 83.8 cm³/mol. The number of ketones is 1. The first-order valence-corrected chi connectivity index (χ1v) is 6.73. The molecule has 1 heterocycles. The molecule has 0 spiro atoms. The number of benzene rings is 1. The molecule has 0 aliphatic carbocycles. The molecule has 0 unspecified atom stereocenters. The van der Waals surface area contributed by atoms with Crippen LogP contribution in [0.3, 0.4) is 0 Å². The average molecular weight is 266 g/mol. The van der Waals surface area contributed by atoms with Gasteiger partial charge in [0.1, 0.15) is 0 Å². The maximum atomic E-state index is 12.4. The second-order valence-corrected chi connectivity index (χ2v) is 5.01. The van der Waals surface area contributed by atoms with Gasteiger partial charge in [-0.1, -0.05) is 61.7 Å². The van der Waals surface area contributed by atoms with Crippen LogP contribution in [0.1, 0.15) is 9.67 Å². The molecule has 0 radical (unpaired) electrons. The van der Waals surface area contributed by atoms with E-state index in [-0.39, 0.29) is 5.78 Å². The van der Waals surface area contributed by atoms with E-state index in [1.807, 2.05) is 30.3 Å². The van der Waals surface area contributed by atoms with Gasteiger partial charge in [-0.05, 0) is 17.5 Å². The Morgan fingerprint density at radius 1 is 1.16 bits per heavy atom. The number of carbonyl (C=O) groups is 1. The summed E-state index contributed by atoms with van der Waals surface area (Å²) < 4.78 is 1.12. The number of hydrogen-bond donors (Lipinski definition) is 0. The van der Waals surface area contributed by atoms with Crippen molar-refractivity contribution < 1.29 is 4.79 Å². The molecular weight excluding hydrogens is 252 g/mol. The standard InChI is InChI=1S/C17H14OS/c1-3-5-9-13(8-4-2)17(18)16-12-14-10-6-7-11-15(14)19-16/h3-12H,1-2H2/b9-5-,13-8+. The molecule has 0 saturated carbocycles. The third-order valence-electron chi connectivity index (χ3n) is 2.62.